The molecule has 3 aromatic rings. The third kappa shape index (κ3) is 2.50. The van der Waals surface area contributed by atoms with Crippen LogP contribution in [0.3, 0.4) is 0 Å². The summed E-state index contributed by atoms with van der Waals surface area (Å²) in [6, 6.07) is 7.50. The highest BCUT2D eigenvalue weighted by Gasteiger charge is 2.14. The van der Waals surface area contributed by atoms with Gasteiger partial charge in [-0.2, -0.15) is 0 Å². The molecule has 6 heteroatoms. The third-order valence-electron chi connectivity index (χ3n) is 3.49. The Morgan fingerprint density at radius 1 is 1.29 bits per heavy atom. The molecule has 3 rings (SSSR count). The molecule has 0 aliphatic carbocycles. The predicted octanol–water partition coefficient (Wildman–Crippen LogP) is 2.81. The van der Waals surface area contributed by atoms with Crippen molar-refractivity contribution in [1.82, 2.24) is 9.72 Å². The molecule has 0 unspecified atom stereocenters. The van der Waals surface area contributed by atoms with E-state index in [1.54, 1.807) is 4.57 Å². The van der Waals surface area contributed by atoms with Crippen LogP contribution in [0, 0.1) is 13.8 Å². The van der Waals surface area contributed by atoms with Gasteiger partial charge in [-0.15, -0.1) is 0 Å². The highest BCUT2D eigenvalue weighted by atomic mass is 32.1. The second-order valence-corrected chi connectivity index (χ2v) is 5.72. The van der Waals surface area contributed by atoms with E-state index in [0.717, 1.165) is 28.3 Å². The highest BCUT2D eigenvalue weighted by molar-refractivity contribution is 7.07. The largest absolute Gasteiger partial charge is 0.399 e. The van der Waals surface area contributed by atoms with Crippen molar-refractivity contribution in [3.05, 3.63) is 56.3 Å². The van der Waals surface area contributed by atoms with Gasteiger partial charge in [0.15, 0.2) is 0 Å². The summed E-state index contributed by atoms with van der Waals surface area (Å²) >= 11 is 1.19. The molecule has 0 saturated carbocycles. The highest BCUT2D eigenvalue weighted by Crippen LogP contribution is 2.23. The minimum absolute atomic E-state index is 0.00169. The molecule has 2 aromatic heterocycles. The Kier molecular flexibility index (Phi) is 3.39. The van der Waals surface area contributed by atoms with Gasteiger partial charge >= 0.3 is 4.87 Å². The van der Waals surface area contributed by atoms with Crippen LogP contribution in [0.4, 0.5) is 5.69 Å². The molecule has 0 aliphatic rings. The first kappa shape index (κ1) is 13.6. The monoisotopic (exact) mass is 301 g/mol. The van der Waals surface area contributed by atoms with Gasteiger partial charge in [0, 0.05) is 16.6 Å². The average Bonchev–Trinajstić information content (AvgIpc) is 2.98. The number of nitrogen functional groups attached to an aromatic ring is 1. The van der Waals surface area contributed by atoms with Crippen molar-refractivity contribution in [2.75, 3.05) is 5.73 Å². The first-order valence-electron chi connectivity index (χ1n) is 6.52. The topological polar surface area (TPSA) is 74.1 Å². The Labute approximate surface area is 125 Å². The zero-order valence-electron chi connectivity index (χ0n) is 11.8. The molecule has 0 saturated heterocycles. The number of anilines is 1. The van der Waals surface area contributed by atoms with Gasteiger partial charge in [0.2, 0.25) is 0 Å². The normalized spacial score (nSPS) is 11.0. The van der Waals surface area contributed by atoms with Gasteiger partial charge in [0.25, 0.3) is 0 Å². The average molecular weight is 301 g/mol. The molecule has 0 radical (unpaired) electrons. The standard InChI is InChI=1S/C15H15N3O2S/c1-9-13(10(2)20-17-9)7-18-14(8-21-15(18)19)11-3-5-12(16)6-4-11/h3-6,8H,7,16H2,1-2H3. The van der Waals surface area contributed by atoms with E-state index < -0.39 is 0 Å². The first-order valence-corrected chi connectivity index (χ1v) is 7.40. The smallest absolute Gasteiger partial charge is 0.307 e. The van der Waals surface area contributed by atoms with E-state index >= 15 is 0 Å². The number of aromatic nitrogens is 2. The van der Waals surface area contributed by atoms with Crippen LogP contribution in [0.2, 0.25) is 0 Å². The van der Waals surface area contributed by atoms with Crippen molar-refractivity contribution in [3.8, 4) is 11.3 Å². The van der Waals surface area contributed by atoms with E-state index in [9.17, 15) is 4.79 Å². The lowest BCUT2D eigenvalue weighted by atomic mass is 10.1. The fraction of sp³-hybridized carbons (Fsp3) is 0.200. The van der Waals surface area contributed by atoms with E-state index in [0.29, 0.717) is 12.2 Å². The lowest BCUT2D eigenvalue weighted by Crippen LogP contribution is -2.15. The van der Waals surface area contributed by atoms with Gasteiger partial charge in [0.1, 0.15) is 5.76 Å². The first-order chi connectivity index (χ1) is 10.1. The minimum Gasteiger partial charge on any atom is -0.399 e. The third-order valence-corrected chi connectivity index (χ3v) is 4.25. The van der Waals surface area contributed by atoms with Crippen LogP contribution in [-0.2, 0) is 6.54 Å². The quantitative estimate of drug-likeness (QED) is 0.755. The maximum Gasteiger partial charge on any atom is 0.307 e. The molecule has 0 aliphatic heterocycles. The Bertz CT molecular complexity index is 808. The molecule has 0 fully saturated rings. The second kappa shape index (κ2) is 5.21. The minimum atomic E-state index is 0.00169. The number of rotatable bonds is 3. The zero-order chi connectivity index (χ0) is 15.0. The van der Waals surface area contributed by atoms with Crippen LogP contribution in [0.25, 0.3) is 11.3 Å². The summed E-state index contributed by atoms with van der Waals surface area (Å²) in [5.41, 5.74) is 10.0. The van der Waals surface area contributed by atoms with E-state index in [-0.39, 0.29) is 4.87 Å². The van der Waals surface area contributed by atoms with E-state index in [4.69, 9.17) is 10.3 Å². The second-order valence-electron chi connectivity index (χ2n) is 4.90. The van der Waals surface area contributed by atoms with Crippen molar-refractivity contribution in [2.45, 2.75) is 20.4 Å². The maximum atomic E-state index is 12.1. The number of benzene rings is 1. The molecular weight excluding hydrogens is 286 g/mol. The number of hydrogen-bond acceptors (Lipinski definition) is 5. The Balaban J connectivity index is 2.06. The fourth-order valence-electron chi connectivity index (χ4n) is 2.25. The molecular formula is C15H15N3O2S. The van der Waals surface area contributed by atoms with Crippen molar-refractivity contribution in [2.24, 2.45) is 0 Å². The van der Waals surface area contributed by atoms with Gasteiger partial charge in [-0.3, -0.25) is 9.36 Å². The SMILES string of the molecule is Cc1noc(C)c1Cn1c(-c2ccc(N)cc2)csc1=O. The number of thiazole rings is 1. The Hall–Kier alpha value is -2.34. The summed E-state index contributed by atoms with van der Waals surface area (Å²) in [6.45, 7) is 4.20. The molecule has 2 heterocycles. The van der Waals surface area contributed by atoms with Crippen LogP contribution < -0.4 is 10.6 Å². The van der Waals surface area contributed by atoms with Crippen LogP contribution in [0.5, 0.6) is 0 Å². The summed E-state index contributed by atoms with van der Waals surface area (Å²) < 4.78 is 6.91. The molecule has 0 spiro atoms. The fourth-order valence-corrected chi connectivity index (χ4v) is 3.01. The number of nitrogens with two attached hydrogens (primary N) is 1. The van der Waals surface area contributed by atoms with Crippen molar-refractivity contribution >= 4 is 17.0 Å². The molecule has 108 valence electrons. The van der Waals surface area contributed by atoms with Crippen molar-refractivity contribution in [3.63, 3.8) is 0 Å². The van der Waals surface area contributed by atoms with Gasteiger partial charge in [-0.05, 0) is 31.5 Å². The molecule has 1 aromatic carbocycles. The van der Waals surface area contributed by atoms with Gasteiger partial charge in [-0.25, -0.2) is 0 Å². The van der Waals surface area contributed by atoms with Gasteiger partial charge in [-0.1, -0.05) is 28.6 Å². The molecule has 0 amide bonds. The van der Waals surface area contributed by atoms with Crippen molar-refractivity contribution < 1.29 is 4.52 Å². The molecule has 0 bridgehead atoms. The summed E-state index contributed by atoms with van der Waals surface area (Å²) in [4.78, 5) is 12.1. The summed E-state index contributed by atoms with van der Waals surface area (Å²) in [5.74, 6) is 0.744. The molecule has 5 nitrogen and oxygen atoms in total. The summed E-state index contributed by atoms with van der Waals surface area (Å²) in [7, 11) is 0. The van der Waals surface area contributed by atoms with Crippen LogP contribution in [-0.4, -0.2) is 9.72 Å². The van der Waals surface area contributed by atoms with Crippen LogP contribution >= 0.6 is 11.3 Å². The lowest BCUT2D eigenvalue weighted by Gasteiger charge is -2.08. The number of nitrogens with zero attached hydrogens (tertiary/aromatic N) is 2. The van der Waals surface area contributed by atoms with E-state index in [1.165, 1.54) is 11.3 Å². The van der Waals surface area contributed by atoms with Crippen LogP contribution in [0.15, 0.2) is 39.0 Å². The number of hydrogen-bond donors (Lipinski definition) is 1. The van der Waals surface area contributed by atoms with Crippen LogP contribution in [0.1, 0.15) is 17.0 Å². The Morgan fingerprint density at radius 3 is 2.62 bits per heavy atom. The summed E-state index contributed by atoms with van der Waals surface area (Å²) in [6.07, 6.45) is 0. The number of aryl methyl sites for hydroxylation is 2. The van der Waals surface area contributed by atoms with Crippen molar-refractivity contribution in [1.29, 1.82) is 0 Å². The zero-order valence-corrected chi connectivity index (χ0v) is 12.6. The van der Waals surface area contributed by atoms with E-state index in [2.05, 4.69) is 5.16 Å². The molecule has 2 N–H and O–H groups in total. The molecule has 0 atom stereocenters. The predicted molar refractivity (Wildman–Crippen MR) is 83.5 cm³/mol. The Morgan fingerprint density at radius 2 is 2.00 bits per heavy atom. The maximum absolute atomic E-state index is 12.1. The van der Waals surface area contributed by atoms with Gasteiger partial charge < -0.3 is 10.3 Å². The van der Waals surface area contributed by atoms with E-state index in [1.807, 2.05) is 43.5 Å². The molecule has 21 heavy (non-hydrogen) atoms. The summed E-state index contributed by atoms with van der Waals surface area (Å²) in [5, 5.41) is 5.80. The van der Waals surface area contributed by atoms with Gasteiger partial charge in [0.05, 0.1) is 17.9 Å². The lowest BCUT2D eigenvalue weighted by molar-refractivity contribution is 0.392.